The molecule has 0 amide bonds. The highest BCUT2D eigenvalue weighted by Gasteiger charge is 2.16. The van der Waals surface area contributed by atoms with E-state index in [1.54, 1.807) is 0 Å². The lowest BCUT2D eigenvalue weighted by Gasteiger charge is -2.19. The summed E-state index contributed by atoms with van der Waals surface area (Å²) in [6.45, 7) is 24.4. The van der Waals surface area contributed by atoms with E-state index < -0.39 is 0 Å². The smallest absolute Gasteiger partial charge is 0.0991 e. The van der Waals surface area contributed by atoms with Crippen LogP contribution in [0.25, 0.3) is 44.5 Å². The van der Waals surface area contributed by atoms with Crippen LogP contribution >= 0.6 is 0 Å². The highest BCUT2D eigenvalue weighted by Crippen LogP contribution is 2.38. The average Bonchev–Trinajstić information content (AvgIpc) is 3.18. The third-order valence-electron chi connectivity index (χ3n) is 13.0. The summed E-state index contributed by atoms with van der Waals surface area (Å²) >= 11 is 0. The third-order valence-corrected chi connectivity index (χ3v) is 13.0. The molecule has 2 heteroatoms. The van der Waals surface area contributed by atoms with Crippen molar-refractivity contribution in [2.75, 3.05) is 0 Å². The van der Waals surface area contributed by atoms with E-state index in [4.69, 9.17) is 0 Å². The van der Waals surface area contributed by atoms with Crippen molar-refractivity contribution in [3.05, 3.63) is 162 Å². The number of unbranched alkanes of at least 4 members (excludes halogenated alkanes) is 6. The fourth-order valence-corrected chi connectivity index (χ4v) is 10.2. The van der Waals surface area contributed by atoms with E-state index in [1.807, 2.05) is 24.3 Å². The Labute approximate surface area is 362 Å². The van der Waals surface area contributed by atoms with E-state index in [9.17, 15) is 10.5 Å². The van der Waals surface area contributed by atoms with Gasteiger partial charge in [-0.3, -0.25) is 0 Å². The average molecular weight is 789 g/mol. The molecule has 0 aromatic heterocycles. The zero-order valence-corrected chi connectivity index (χ0v) is 38.3. The molecule has 0 spiro atoms. The number of nitriles is 2. The Hall–Kier alpha value is -5.70. The number of benzene rings is 6. The standard InChI is InChI=1S/C58H64N2/c1-36-23-47(34-59)21-22-55(36)49-30-43(8)57(44(9)31-49)50-26-37(2)53(38(3)27-50)19-17-15-13-12-14-16-18-20-54-39(4)28-51(29-40(54)5)58-45(10)32-52(33-46(58)11)56-41(6)24-48(35-60)25-42(56)7/h21-33H,12-20H2,1-11H3. The molecule has 0 heterocycles. The molecule has 6 aromatic carbocycles. The summed E-state index contributed by atoms with van der Waals surface area (Å²) in [7, 11) is 0. The Bertz CT molecular complexity index is 2540. The molecule has 0 aliphatic carbocycles. The van der Waals surface area contributed by atoms with Crippen LogP contribution in [0.15, 0.2) is 78.9 Å². The largest absolute Gasteiger partial charge is 0.192 e. The van der Waals surface area contributed by atoms with Gasteiger partial charge in [-0.05, 0) is 243 Å². The Balaban J connectivity index is 0.978. The SMILES string of the molecule is Cc1cc(C#N)ccc1-c1cc(C)c(-c2cc(C)c(CCCCCCCCCc3c(C)cc(-c4c(C)cc(-c5c(C)cc(C#N)cc5C)cc4C)cc3C)c(C)c2)c(C)c1. The number of rotatable bonds is 14. The quantitative estimate of drug-likeness (QED) is 0.103. The van der Waals surface area contributed by atoms with Gasteiger partial charge in [0.15, 0.2) is 0 Å². The molecule has 0 fully saturated rings. The molecule has 0 radical (unpaired) electrons. The summed E-state index contributed by atoms with van der Waals surface area (Å²) < 4.78 is 0. The van der Waals surface area contributed by atoms with Crippen molar-refractivity contribution in [3.63, 3.8) is 0 Å². The minimum Gasteiger partial charge on any atom is -0.192 e. The number of aryl methyl sites for hydroxylation is 11. The van der Waals surface area contributed by atoms with Crippen LogP contribution in [-0.2, 0) is 12.8 Å². The molecule has 6 aromatic rings. The predicted molar refractivity (Wildman–Crippen MR) is 256 cm³/mol. The monoisotopic (exact) mass is 789 g/mol. The van der Waals surface area contributed by atoms with Crippen molar-refractivity contribution < 1.29 is 0 Å². The van der Waals surface area contributed by atoms with Gasteiger partial charge in [0.2, 0.25) is 0 Å². The van der Waals surface area contributed by atoms with Crippen LogP contribution in [0.3, 0.4) is 0 Å². The molecule has 0 atom stereocenters. The Morgan fingerprint density at radius 3 is 0.967 bits per heavy atom. The van der Waals surface area contributed by atoms with Gasteiger partial charge in [-0.15, -0.1) is 0 Å². The lowest BCUT2D eigenvalue weighted by Crippen LogP contribution is -1.99. The molecule has 0 bridgehead atoms. The van der Waals surface area contributed by atoms with E-state index in [0.29, 0.717) is 5.56 Å². The van der Waals surface area contributed by atoms with Crippen molar-refractivity contribution in [3.8, 4) is 56.6 Å². The summed E-state index contributed by atoms with van der Waals surface area (Å²) in [5.74, 6) is 0. The lowest BCUT2D eigenvalue weighted by molar-refractivity contribution is 0.578. The minimum absolute atomic E-state index is 0.708. The van der Waals surface area contributed by atoms with E-state index in [1.165, 1.54) is 145 Å². The van der Waals surface area contributed by atoms with Gasteiger partial charge in [0.25, 0.3) is 0 Å². The normalized spacial score (nSPS) is 11.2. The van der Waals surface area contributed by atoms with Crippen molar-refractivity contribution in [1.82, 2.24) is 0 Å². The number of nitrogens with zero attached hydrogens (tertiary/aromatic N) is 2. The molecular weight excluding hydrogens is 725 g/mol. The molecule has 0 saturated heterocycles. The van der Waals surface area contributed by atoms with Crippen LogP contribution in [0, 0.1) is 98.8 Å². The van der Waals surface area contributed by atoms with Gasteiger partial charge in [0.1, 0.15) is 0 Å². The first-order valence-corrected chi connectivity index (χ1v) is 22.2. The second-order valence-corrected chi connectivity index (χ2v) is 17.9. The highest BCUT2D eigenvalue weighted by atomic mass is 14.3. The van der Waals surface area contributed by atoms with Crippen LogP contribution < -0.4 is 0 Å². The van der Waals surface area contributed by atoms with Crippen LogP contribution in [0.2, 0.25) is 0 Å². The Kier molecular flexibility index (Phi) is 14.0. The second kappa shape index (κ2) is 19.1. The summed E-state index contributed by atoms with van der Waals surface area (Å²) in [5.41, 5.74) is 28.9. The first kappa shape index (κ1) is 43.9. The maximum atomic E-state index is 9.43. The highest BCUT2D eigenvalue weighted by molar-refractivity contribution is 5.81. The maximum absolute atomic E-state index is 9.43. The van der Waals surface area contributed by atoms with Gasteiger partial charge >= 0.3 is 0 Å². The summed E-state index contributed by atoms with van der Waals surface area (Å²) in [6, 6.07) is 33.4. The number of hydrogen-bond acceptors (Lipinski definition) is 2. The molecule has 0 aliphatic heterocycles. The minimum atomic E-state index is 0.708. The van der Waals surface area contributed by atoms with Gasteiger partial charge < -0.3 is 0 Å². The van der Waals surface area contributed by atoms with E-state index in [0.717, 1.165) is 35.1 Å². The zero-order chi connectivity index (χ0) is 43.2. The van der Waals surface area contributed by atoms with Crippen molar-refractivity contribution in [1.29, 1.82) is 10.5 Å². The van der Waals surface area contributed by atoms with Crippen LogP contribution in [0.5, 0.6) is 0 Å². The van der Waals surface area contributed by atoms with Crippen LogP contribution in [0.4, 0.5) is 0 Å². The molecule has 306 valence electrons. The fourth-order valence-electron chi connectivity index (χ4n) is 10.2. The summed E-state index contributed by atoms with van der Waals surface area (Å²) in [5, 5.41) is 18.7. The molecule has 60 heavy (non-hydrogen) atoms. The first-order valence-electron chi connectivity index (χ1n) is 22.2. The number of hydrogen-bond donors (Lipinski definition) is 0. The van der Waals surface area contributed by atoms with E-state index in [-0.39, 0.29) is 0 Å². The van der Waals surface area contributed by atoms with Gasteiger partial charge in [0.05, 0.1) is 23.3 Å². The topological polar surface area (TPSA) is 47.6 Å². The molecule has 0 unspecified atom stereocenters. The maximum Gasteiger partial charge on any atom is 0.0991 e. The van der Waals surface area contributed by atoms with Gasteiger partial charge in [-0.2, -0.15) is 10.5 Å². The molecule has 0 saturated carbocycles. The second-order valence-electron chi connectivity index (χ2n) is 17.9. The van der Waals surface area contributed by atoms with Crippen LogP contribution in [-0.4, -0.2) is 0 Å². The third kappa shape index (κ3) is 9.67. The van der Waals surface area contributed by atoms with Crippen molar-refractivity contribution in [2.45, 2.75) is 134 Å². The molecular formula is C58H64N2. The fraction of sp³-hybridized carbons (Fsp3) is 0.345. The van der Waals surface area contributed by atoms with Crippen LogP contribution in [0.1, 0.15) is 128 Å². The summed E-state index contributed by atoms with van der Waals surface area (Å²) in [4.78, 5) is 0. The van der Waals surface area contributed by atoms with Gasteiger partial charge in [0, 0.05) is 0 Å². The van der Waals surface area contributed by atoms with E-state index in [2.05, 4.69) is 143 Å². The molecule has 6 rings (SSSR count). The van der Waals surface area contributed by atoms with Crippen molar-refractivity contribution >= 4 is 0 Å². The Morgan fingerprint density at radius 2 is 0.617 bits per heavy atom. The van der Waals surface area contributed by atoms with E-state index >= 15 is 0 Å². The predicted octanol–water partition coefficient (Wildman–Crippen LogP) is 16.0. The molecule has 0 aliphatic rings. The molecule has 0 N–H and O–H groups in total. The molecule has 2 nitrogen and oxygen atoms in total. The Morgan fingerprint density at radius 1 is 0.317 bits per heavy atom. The zero-order valence-electron chi connectivity index (χ0n) is 38.3. The van der Waals surface area contributed by atoms with Gasteiger partial charge in [-0.25, -0.2) is 0 Å². The van der Waals surface area contributed by atoms with Crippen molar-refractivity contribution in [2.24, 2.45) is 0 Å². The lowest BCUT2D eigenvalue weighted by atomic mass is 9.86. The van der Waals surface area contributed by atoms with Gasteiger partial charge in [-0.1, -0.05) is 86.7 Å². The first-order chi connectivity index (χ1) is 28.7. The summed E-state index contributed by atoms with van der Waals surface area (Å²) in [6.07, 6.45) is 11.3.